The first kappa shape index (κ1) is 14.7. The minimum atomic E-state index is -0.211. The Kier molecular flexibility index (Phi) is 4.80. The molecule has 2 aromatic rings. The molecule has 1 atom stereocenters. The second-order valence-electron chi connectivity index (χ2n) is 4.83. The molecule has 19 heavy (non-hydrogen) atoms. The van der Waals surface area contributed by atoms with Crippen LogP contribution in [-0.2, 0) is 0 Å². The van der Waals surface area contributed by atoms with Crippen molar-refractivity contribution in [2.45, 2.75) is 24.6 Å². The van der Waals surface area contributed by atoms with Crippen LogP contribution in [0.2, 0.25) is 0 Å². The lowest BCUT2D eigenvalue weighted by molar-refractivity contribution is 0.607. The van der Waals surface area contributed by atoms with Crippen LogP contribution in [0.25, 0.3) is 0 Å². The Morgan fingerprint density at radius 1 is 0.947 bits per heavy atom. The van der Waals surface area contributed by atoms with Crippen molar-refractivity contribution in [2.24, 2.45) is 0 Å². The molecule has 0 aliphatic heterocycles. The summed E-state index contributed by atoms with van der Waals surface area (Å²) in [5.41, 5.74) is 2.99. The second-order valence-corrected chi connectivity index (χ2v) is 6.60. The number of hydrogen-bond donors (Lipinski definition) is 0. The van der Waals surface area contributed by atoms with E-state index in [0.29, 0.717) is 16.0 Å². The predicted molar refractivity (Wildman–Crippen MR) is 85.4 cm³/mol. The molecule has 3 heteroatoms. The zero-order valence-corrected chi connectivity index (χ0v) is 14.0. The fourth-order valence-corrected chi connectivity index (χ4v) is 2.99. The first-order valence-corrected chi connectivity index (χ1v) is 7.89. The third-order valence-electron chi connectivity index (χ3n) is 3.15. The summed E-state index contributed by atoms with van der Waals surface area (Å²) in [5.74, 6) is 0.294. The van der Waals surface area contributed by atoms with E-state index in [4.69, 9.17) is 0 Å². The molecule has 0 amide bonds. The van der Waals surface area contributed by atoms with E-state index in [2.05, 4.69) is 70.0 Å². The van der Waals surface area contributed by atoms with Gasteiger partial charge in [-0.25, -0.2) is 4.39 Å². The van der Waals surface area contributed by atoms with Crippen molar-refractivity contribution in [2.75, 3.05) is 0 Å². The van der Waals surface area contributed by atoms with Crippen LogP contribution in [0.5, 0.6) is 0 Å². The van der Waals surface area contributed by atoms with E-state index in [-0.39, 0.29) is 10.6 Å². The molecule has 1 unspecified atom stereocenters. The summed E-state index contributed by atoms with van der Waals surface area (Å²) >= 11 is 6.80. The summed E-state index contributed by atoms with van der Waals surface area (Å²) in [7, 11) is 0. The minimum Gasteiger partial charge on any atom is -0.205 e. The Balaban J connectivity index is 2.33. The summed E-state index contributed by atoms with van der Waals surface area (Å²) < 4.78 is 14.6. The zero-order valence-electron chi connectivity index (χ0n) is 10.8. The van der Waals surface area contributed by atoms with E-state index >= 15 is 0 Å². The van der Waals surface area contributed by atoms with Gasteiger partial charge in [0.2, 0.25) is 0 Å². The van der Waals surface area contributed by atoms with Crippen molar-refractivity contribution in [1.82, 2.24) is 0 Å². The highest BCUT2D eigenvalue weighted by atomic mass is 79.9. The maximum atomic E-state index is 14.1. The van der Waals surface area contributed by atoms with Crippen molar-refractivity contribution in [3.05, 3.63) is 69.4 Å². The fraction of sp³-hybridized carbons (Fsp3) is 0.250. The SMILES string of the molecule is CC(C)c1ccc(C(Br)c2cccc(Br)c2F)cc1. The van der Waals surface area contributed by atoms with Crippen molar-refractivity contribution in [1.29, 1.82) is 0 Å². The molecule has 0 aromatic heterocycles. The van der Waals surface area contributed by atoms with Gasteiger partial charge in [0.05, 0.1) is 9.30 Å². The van der Waals surface area contributed by atoms with Gasteiger partial charge in [0.15, 0.2) is 0 Å². The lowest BCUT2D eigenvalue weighted by Gasteiger charge is -2.14. The smallest absolute Gasteiger partial charge is 0.142 e. The average molecular weight is 386 g/mol. The van der Waals surface area contributed by atoms with Crippen molar-refractivity contribution >= 4 is 31.9 Å². The lowest BCUT2D eigenvalue weighted by atomic mass is 9.98. The largest absolute Gasteiger partial charge is 0.205 e. The highest BCUT2D eigenvalue weighted by molar-refractivity contribution is 9.10. The molecule has 0 radical (unpaired) electrons. The number of halogens is 3. The van der Waals surface area contributed by atoms with Gasteiger partial charge in [-0.2, -0.15) is 0 Å². The van der Waals surface area contributed by atoms with E-state index in [9.17, 15) is 4.39 Å². The summed E-state index contributed by atoms with van der Waals surface area (Å²) in [5, 5.41) is 0. The Bertz CT molecular complexity index is 561. The van der Waals surface area contributed by atoms with E-state index in [1.165, 1.54) is 5.56 Å². The quantitative estimate of drug-likeness (QED) is 0.552. The second kappa shape index (κ2) is 6.19. The van der Waals surface area contributed by atoms with Crippen LogP contribution >= 0.6 is 31.9 Å². The van der Waals surface area contributed by atoms with Gasteiger partial charge >= 0.3 is 0 Å². The average Bonchev–Trinajstić information content (AvgIpc) is 2.41. The molecule has 2 rings (SSSR count). The predicted octanol–water partition coefficient (Wildman–Crippen LogP) is 6.20. The van der Waals surface area contributed by atoms with Crippen LogP contribution in [0, 0.1) is 5.82 Å². The number of benzene rings is 2. The van der Waals surface area contributed by atoms with Gasteiger partial charge in [-0.1, -0.05) is 66.2 Å². The minimum absolute atomic E-state index is 0.133. The van der Waals surface area contributed by atoms with Gasteiger partial charge < -0.3 is 0 Å². The van der Waals surface area contributed by atoms with Gasteiger partial charge in [-0.3, -0.25) is 0 Å². The van der Waals surface area contributed by atoms with Crippen LogP contribution in [0.15, 0.2) is 46.9 Å². The normalized spacial score (nSPS) is 12.7. The first-order valence-electron chi connectivity index (χ1n) is 6.18. The van der Waals surface area contributed by atoms with Crippen LogP contribution in [0.4, 0.5) is 4.39 Å². The van der Waals surface area contributed by atoms with Crippen molar-refractivity contribution < 1.29 is 4.39 Å². The molecule has 0 fully saturated rings. The third-order valence-corrected chi connectivity index (χ3v) is 4.78. The first-order chi connectivity index (χ1) is 9.00. The molecule has 0 aliphatic rings. The maximum absolute atomic E-state index is 14.1. The van der Waals surface area contributed by atoms with Crippen LogP contribution in [-0.4, -0.2) is 0 Å². The van der Waals surface area contributed by atoms with Crippen LogP contribution in [0.1, 0.15) is 41.3 Å². The van der Waals surface area contributed by atoms with Gasteiger partial charge in [-0.15, -0.1) is 0 Å². The molecule has 0 aliphatic carbocycles. The molecule has 0 spiro atoms. The standard InChI is InChI=1S/C16H15Br2F/c1-10(2)11-6-8-12(9-7-11)15(18)13-4-3-5-14(17)16(13)19/h3-10,15H,1-2H3. The summed E-state index contributed by atoms with van der Waals surface area (Å²) in [6.07, 6.45) is 0. The van der Waals surface area contributed by atoms with Crippen molar-refractivity contribution in [3.8, 4) is 0 Å². The molecule has 0 bridgehead atoms. The maximum Gasteiger partial charge on any atom is 0.142 e. The van der Waals surface area contributed by atoms with Gasteiger partial charge in [0, 0.05) is 5.56 Å². The number of hydrogen-bond acceptors (Lipinski definition) is 0. The molecule has 0 nitrogen and oxygen atoms in total. The summed E-state index contributed by atoms with van der Waals surface area (Å²) in [4.78, 5) is -0.133. The molecule has 0 saturated carbocycles. The highest BCUT2D eigenvalue weighted by Gasteiger charge is 2.16. The van der Waals surface area contributed by atoms with Crippen LogP contribution < -0.4 is 0 Å². The van der Waals surface area contributed by atoms with E-state index in [1.807, 2.05) is 6.07 Å². The molecule has 0 heterocycles. The van der Waals surface area contributed by atoms with E-state index in [0.717, 1.165) is 5.56 Å². The molecular formula is C16H15Br2F. The zero-order chi connectivity index (χ0) is 14.0. The topological polar surface area (TPSA) is 0 Å². The lowest BCUT2D eigenvalue weighted by Crippen LogP contribution is -1.98. The molecule has 0 N–H and O–H groups in total. The Labute approximate surface area is 130 Å². The fourth-order valence-electron chi connectivity index (χ4n) is 1.95. The molecule has 0 saturated heterocycles. The number of alkyl halides is 1. The third kappa shape index (κ3) is 3.26. The Morgan fingerprint density at radius 3 is 2.11 bits per heavy atom. The molecular weight excluding hydrogens is 371 g/mol. The Hall–Kier alpha value is -0.670. The van der Waals surface area contributed by atoms with E-state index in [1.54, 1.807) is 12.1 Å². The molecule has 100 valence electrons. The van der Waals surface area contributed by atoms with Gasteiger partial charge in [0.25, 0.3) is 0 Å². The monoisotopic (exact) mass is 384 g/mol. The van der Waals surface area contributed by atoms with Gasteiger partial charge in [0.1, 0.15) is 5.82 Å². The van der Waals surface area contributed by atoms with Crippen molar-refractivity contribution in [3.63, 3.8) is 0 Å². The summed E-state index contributed by atoms with van der Waals surface area (Å²) in [6, 6.07) is 13.7. The van der Waals surface area contributed by atoms with Crippen LogP contribution in [0.3, 0.4) is 0 Å². The Morgan fingerprint density at radius 2 is 1.53 bits per heavy atom. The number of rotatable bonds is 3. The van der Waals surface area contributed by atoms with E-state index < -0.39 is 0 Å². The summed E-state index contributed by atoms with van der Waals surface area (Å²) in [6.45, 7) is 4.32. The molecule has 2 aromatic carbocycles. The highest BCUT2D eigenvalue weighted by Crippen LogP contribution is 2.35. The van der Waals surface area contributed by atoms with Gasteiger partial charge in [-0.05, 0) is 39.0 Å².